The van der Waals surface area contributed by atoms with Crippen LogP contribution in [0.25, 0.3) is 0 Å². The molecule has 0 radical (unpaired) electrons. The Morgan fingerprint density at radius 2 is 2.03 bits per heavy atom. The van der Waals surface area contributed by atoms with Crippen molar-refractivity contribution in [2.24, 2.45) is 0 Å². The number of hydrogen-bond acceptors (Lipinski definition) is 3. The molecule has 1 atom stereocenters. The van der Waals surface area contributed by atoms with Crippen molar-refractivity contribution in [3.63, 3.8) is 0 Å². The minimum atomic E-state index is -1.05. The number of benzene rings is 2. The number of amides is 2. The number of halogens is 2. The fourth-order valence-electron chi connectivity index (χ4n) is 3.91. The summed E-state index contributed by atoms with van der Waals surface area (Å²) in [6.07, 6.45) is 1.63. The molecular weight excluding hydrogens is 407 g/mol. The highest BCUT2D eigenvalue weighted by atomic mass is 35.5. The zero-order valence-corrected chi connectivity index (χ0v) is 17.3. The zero-order valence-electron chi connectivity index (χ0n) is 16.5. The Balaban J connectivity index is 1.67. The van der Waals surface area contributed by atoms with Crippen molar-refractivity contribution < 1.29 is 18.4 Å². The standard InChI is InChI=1S/C23H20ClFN2O3/c1-23(12-16-18(24)6-3-7-19(16)25)17-11-14(8-9-20(17)27(2)22(23)29)21(28)26-13-15-5-4-10-30-15/h3-11H,12-13H2,1-2H3,(H,26,28). The molecule has 7 heteroatoms. The number of likely N-dealkylation sites (N-methyl/N-ethyl adjacent to an activating group) is 1. The van der Waals surface area contributed by atoms with Gasteiger partial charge in [0.15, 0.2) is 0 Å². The lowest BCUT2D eigenvalue weighted by molar-refractivity contribution is -0.122. The predicted molar refractivity (Wildman–Crippen MR) is 112 cm³/mol. The van der Waals surface area contributed by atoms with E-state index in [4.69, 9.17) is 16.0 Å². The molecule has 154 valence electrons. The van der Waals surface area contributed by atoms with Gasteiger partial charge in [-0.3, -0.25) is 9.59 Å². The van der Waals surface area contributed by atoms with Crippen LogP contribution in [0.5, 0.6) is 0 Å². The summed E-state index contributed by atoms with van der Waals surface area (Å²) in [5.74, 6) is -0.286. The second-order valence-electron chi connectivity index (χ2n) is 7.57. The Bertz CT molecular complexity index is 1110. The Hall–Kier alpha value is -3.12. The maximum atomic E-state index is 14.4. The molecule has 1 aromatic heterocycles. The van der Waals surface area contributed by atoms with E-state index in [1.165, 1.54) is 23.3 Å². The number of carbonyl (C=O) groups is 2. The fourth-order valence-corrected chi connectivity index (χ4v) is 4.14. The molecule has 1 unspecified atom stereocenters. The van der Waals surface area contributed by atoms with Crippen LogP contribution >= 0.6 is 11.6 Å². The van der Waals surface area contributed by atoms with E-state index in [1.54, 1.807) is 50.4 Å². The van der Waals surface area contributed by atoms with E-state index in [-0.39, 0.29) is 35.4 Å². The molecule has 2 amide bonds. The quantitative estimate of drug-likeness (QED) is 0.654. The largest absolute Gasteiger partial charge is 0.467 e. The van der Waals surface area contributed by atoms with Crippen molar-refractivity contribution >= 4 is 29.1 Å². The molecule has 1 N–H and O–H groups in total. The first kappa shape index (κ1) is 20.2. The average molecular weight is 427 g/mol. The second-order valence-corrected chi connectivity index (χ2v) is 7.97. The number of carbonyl (C=O) groups excluding carboxylic acids is 2. The van der Waals surface area contributed by atoms with E-state index >= 15 is 0 Å². The number of anilines is 1. The smallest absolute Gasteiger partial charge is 0.251 e. The topological polar surface area (TPSA) is 62.6 Å². The van der Waals surface area contributed by atoms with Gasteiger partial charge in [0, 0.05) is 28.9 Å². The van der Waals surface area contributed by atoms with Gasteiger partial charge < -0.3 is 14.6 Å². The third-order valence-electron chi connectivity index (χ3n) is 5.59. The number of fused-ring (bicyclic) bond motifs is 1. The van der Waals surface area contributed by atoms with Crippen LogP contribution in [0.1, 0.15) is 34.2 Å². The first-order chi connectivity index (χ1) is 14.3. The molecule has 3 aromatic rings. The van der Waals surface area contributed by atoms with Crippen LogP contribution in [0.15, 0.2) is 59.2 Å². The monoisotopic (exact) mass is 426 g/mol. The molecular formula is C23H20ClFN2O3. The number of nitrogens with zero attached hydrogens (tertiary/aromatic N) is 1. The van der Waals surface area contributed by atoms with Crippen LogP contribution in [-0.2, 0) is 23.2 Å². The van der Waals surface area contributed by atoms with Gasteiger partial charge in [-0.05, 0) is 61.4 Å². The van der Waals surface area contributed by atoms with Gasteiger partial charge in [0.05, 0.1) is 18.2 Å². The highest BCUT2D eigenvalue weighted by Gasteiger charge is 2.47. The summed E-state index contributed by atoms with van der Waals surface area (Å²) < 4.78 is 19.7. The summed E-state index contributed by atoms with van der Waals surface area (Å²) in [4.78, 5) is 27.3. The average Bonchev–Trinajstić information content (AvgIpc) is 3.32. The van der Waals surface area contributed by atoms with Crippen molar-refractivity contribution in [1.29, 1.82) is 0 Å². The van der Waals surface area contributed by atoms with E-state index in [2.05, 4.69) is 5.32 Å². The number of hydrogen-bond donors (Lipinski definition) is 1. The van der Waals surface area contributed by atoms with Gasteiger partial charge in [-0.25, -0.2) is 4.39 Å². The third kappa shape index (κ3) is 3.37. The molecule has 30 heavy (non-hydrogen) atoms. The van der Waals surface area contributed by atoms with Gasteiger partial charge in [0.25, 0.3) is 5.91 Å². The van der Waals surface area contributed by atoms with Gasteiger partial charge in [-0.15, -0.1) is 0 Å². The minimum Gasteiger partial charge on any atom is -0.467 e. The van der Waals surface area contributed by atoms with Gasteiger partial charge in [0.1, 0.15) is 11.6 Å². The van der Waals surface area contributed by atoms with E-state index in [1.807, 2.05) is 0 Å². The highest BCUT2D eigenvalue weighted by Crippen LogP contribution is 2.44. The van der Waals surface area contributed by atoms with Crippen molar-refractivity contribution in [3.8, 4) is 0 Å². The normalized spacial score (nSPS) is 17.9. The summed E-state index contributed by atoms with van der Waals surface area (Å²) in [7, 11) is 1.67. The van der Waals surface area contributed by atoms with Crippen molar-refractivity contribution in [2.75, 3.05) is 11.9 Å². The van der Waals surface area contributed by atoms with Crippen molar-refractivity contribution in [3.05, 3.63) is 88.1 Å². The minimum absolute atomic E-state index is 0.0894. The Labute approximate surface area is 178 Å². The molecule has 0 saturated heterocycles. The molecule has 2 aromatic carbocycles. The Morgan fingerprint density at radius 1 is 1.23 bits per heavy atom. The predicted octanol–water partition coefficient (Wildman–Crippen LogP) is 4.48. The van der Waals surface area contributed by atoms with Crippen LogP contribution in [-0.4, -0.2) is 18.9 Å². The third-order valence-corrected chi connectivity index (χ3v) is 5.94. The van der Waals surface area contributed by atoms with Gasteiger partial charge in [0.2, 0.25) is 5.91 Å². The maximum absolute atomic E-state index is 14.4. The SMILES string of the molecule is CN1C(=O)C(C)(Cc2c(F)cccc2Cl)c2cc(C(=O)NCc3ccco3)ccc21. The summed E-state index contributed by atoms with van der Waals surface area (Å²) in [6.45, 7) is 2.01. The summed E-state index contributed by atoms with van der Waals surface area (Å²) in [6, 6.07) is 13.1. The lowest BCUT2D eigenvalue weighted by Gasteiger charge is -2.24. The first-order valence-electron chi connectivity index (χ1n) is 9.47. The van der Waals surface area contributed by atoms with E-state index in [0.717, 1.165) is 0 Å². The van der Waals surface area contributed by atoms with Crippen molar-refractivity contribution in [1.82, 2.24) is 5.32 Å². The molecule has 0 saturated carbocycles. The van der Waals surface area contributed by atoms with Crippen LogP contribution in [0.3, 0.4) is 0 Å². The molecule has 4 rings (SSSR count). The van der Waals surface area contributed by atoms with Crippen molar-refractivity contribution in [2.45, 2.75) is 25.3 Å². The summed E-state index contributed by atoms with van der Waals surface area (Å²) >= 11 is 6.22. The molecule has 1 aliphatic rings. The molecule has 0 aliphatic carbocycles. The lowest BCUT2D eigenvalue weighted by Crippen LogP contribution is -2.38. The van der Waals surface area contributed by atoms with E-state index in [9.17, 15) is 14.0 Å². The molecule has 0 spiro atoms. The number of furan rings is 1. The first-order valence-corrected chi connectivity index (χ1v) is 9.85. The molecule has 0 fully saturated rings. The van der Waals surface area contributed by atoms with Gasteiger partial charge in [-0.2, -0.15) is 0 Å². The van der Waals surface area contributed by atoms with Gasteiger partial charge >= 0.3 is 0 Å². The molecule has 1 aliphatic heterocycles. The van der Waals surface area contributed by atoms with E-state index in [0.29, 0.717) is 22.6 Å². The Kier molecular flexibility index (Phi) is 5.12. The summed E-state index contributed by atoms with van der Waals surface area (Å²) in [5.41, 5.74) is 1.00. The van der Waals surface area contributed by atoms with Crippen LogP contribution in [0, 0.1) is 5.82 Å². The number of rotatable bonds is 5. The van der Waals surface area contributed by atoms with Crippen LogP contribution < -0.4 is 10.2 Å². The Morgan fingerprint density at radius 3 is 2.73 bits per heavy atom. The fraction of sp³-hybridized carbons (Fsp3) is 0.217. The second kappa shape index (κ2) is 7.61. The van der Waals surface area contributed by atoms with Crippen LogP contribution in [0.2, 0.25) is 5.02 Å². The maximum Gasteiger partial charge on any atom is 0.251 e. The molecule has 0 bridgehead atoms. The number of nitrogens with one attached hydrogen (secondary N) is 1. The van der Waals surface area contributed by atoms with E-state index < -0.39 is 11.2 Å². The highest BCUT2D eigenvalue weighted by molar-refractivity contribution is 6.31. The molecule has 5 nitrogen and oxygen atoms in total. The van der Waals surface area contributed by atoms with Crippen LogP contribution in [0.4, 0.5) is 10.1 Å². The zero-order chi connectivity index (χ0) is 21.5. The summed E-state index contributed by atoms with van der Waals surface area (Å²) in [5, 5.41) is 3.07. The lowest BCUT2D eigenvalue weighted by atomic mass is 9.77. The van der Waals surface area contributed by atoms with Gasteiger partial charge in [-0.1, -0.05) is 17.7 Å². The molecule has 2 heterocycles.